The van der Waals surface area contributed by atoms with E-state index in [9.17, 15) is 22.4 Å². The molecule has 3 rings (SSSR count). The minimum Gasteiger partial charge on any atom is -0.325 e. The highest BCUT2D eigenvalue weighted by Crippen LogP contribution is 2.39. The van der Waals surface area contributed by atoms with E-state index in [-0.39, 0.29) is 17.0 Å². The first-order valence-corrected chi connectivity index (χ1v) is 10.6. The Morgan fingerprint density at radius 3 is 1.30 bits per heavy atom. The Hall–Kier alpha value is -3.15. The molecule has 0 spiro atoms. The summed E-state index contributed by atoms with van der Waals surface area (Å²) in [5.74, 6) is -6.16. The molecule has 0 bridgehead atoms. The molecule has 2 nitrogen and oxygen atoms in total. The van der Waals surface area contributed by atoms with E-state index in [1.807, 2.05) is 0 Å². The van der Waals surface area contributed by atoms with Gasteiger partial charge in [0.05, 0.1) is 5.69 Å². The van der Waals surface area contributed by atoms with Gasteiger partial charge < -0.3 is 5.32 Å². The number of hydrogen-bond acceptors (Lipinski definition) is 1. The maximum atomic E-state index is 13.7. The second-order valence-corrected chi connectivity index (χ2v) is 9.36. The summed E-state index contributed by atoms with van der Waals surface area (Å²) in [6.45, 7) is 7.00. The van der Waals surface area contributed by atoms with Crippen LogP contribution in [0.3, 0.4) is 0 Å². The number of alkyl halides is 4. The first-order valence-electron chi connectivity index (χ1n) is 10.6. The fourth-order valence-corrected chi connectivity index (χ4v) is 3.35. The molecule has 0 radical (unpaired) electrons. The van der Waals surface area contributed by atoms with E-state index in [2.05, 4.69) is 5.32 Å². The van der Waals surface area contributed by atoms with Crippen LogP contribution in [0.5, 0.6) is 0 Å². The van der Waals surface area contributed by atoms with E-state index in [4.69, 9.17) is 0 Å². The van der Waals surface area contributed by atoms with Crippen molar-refractivity contribution in [3.8, 4) is 22.3 Å². The van der Waals surface area contributed by atoms with Gasteiger partial charge in [0.1, 0.15) is 0 Å². The molecular weight excluding hydrogens is 430 g/mol. The largest absolute Gasteiger partial charge is 0.325 e. The van der Waals surface area contributed by atoms with Gasteiger partial charge in [-0.25, -0.2) is 17.6 Å². The number of benzene rings is 3. The summed E-state index contributed by atoms with van der Waals surface area (Å²) in [6, 6.07) is 17.1. The lowest BCUT2D eigenvalue weighted by Crippen LogP contribution is -2.28. The molecule has 33 heavy (non-hydrogen) atoms. The number of carbonyl (C=O) groups excluding carboxylic acids is 1. The smallest absolute Gasteiger partial charge is 0.270 e. The summed E-state index contributed by atoms with van der Waals surface area (Å²) in [5.41, 5.74) is 2.15. The second-order valence-electron chi connectivity index (χ2n) is 9.36. The standard InChI is InChI=1S/C27H27F4NO/c1-25(2,3)24(33)32-23-21(17-9-13-19(14-10-17)26(4,28)29)7-6-8-22(23)18-11-15-20(16-12-18)27(5,30)31/h6-16H,1-5H3,(H,32,33). The van der Waals surface area contributed by atoms with E-state index in [0.29, 0.717) is 27.9 Å². The Balaban J connectivity index is 2.15. The quantitative estimate of drug-likeness (QED) is 0.384. The molecule has 0 saturated carbocycles. The van der Waals surface area contributed by atoms with Crippen LogP contribution in [0.25, 0.3) is 22.3 Å². The average Bonchev–Trinajstić information content (AvgIpc) is 2.72. The number of hydrogen-bond donors (Lipinski definition) is 1. The van der Waals surface area contributed by atoms with Gasteiger partial charge in [-0.2, -0.15) is 0 Å². The fourth-order valence-electron chi connectivity index (χ4n) is 3.35. The third kappa shape index (κ3) is 5.62. The highest BCUT2D eigenvalue weighted by atomic mass is 19.3. The molecule has 0 heterocycles. The molecule has 0 aliphatic heterocycles. The minimum atomic E-state index is -2.97. The van der Waals surface area contributed by atoms with E-state index in [1.165, 1.54) is 24.3 Å². The van der Waals surface area contributed by atoms with Crippen molar-refractivity contribution in [2.75, 3.05) is 5.32 Å². The second kappa shape index (κ2) is 8.65. The average molecular weight is 458 g/mol. The molecule has 1 amide bonds. The van der Waals surface area contributed by atoms with E-state index < -0.39 is 17.3 Å². The highest BCUT2D eigenvalue weighted by molar-refractivity contribution is 6.03. The van der Waals surface area contributed by atoms with Crippen LogP contribution < -0.4 is 5.32 Å². The Morgan fingerprint density at radius 1 is 0.636 bits per heavy atom. The van der Waals surface area contributed by atoms with Crippen LogP contribution in [0.1, 0.15) is 45.7 Å². The highest BCUT2D eigenvalue weighted by Gasteiger charge is 2.27. The van der Waals surface area contributed by atoms with E-state index in [0.717, 1.165) is 13.8 Å². The zero-order chi connectivity index (χ0) is 24.6. The van der Waals surface area contributed by atoms with Crippen molar-refractivity contribution < 1.29 is 22.4 Å². The van der Waals surface area contributed by atoms with Crippen LogP contribution in [-0.2, 0) is 16.6 Å². The van der Waals surface area contributed by atoms with Crippen molar-refractivity contribution in [1.82, 2.24) is 0 Å². The lowest BCUT2D eigenvalue weighted by molar-refractivity contribution is -0.123. The van der Waals surface area contributed by atoms with Crippen LogP contribution >= 0.6 is 0 Å². The number of nitrogens with one attached hydrogen (secondary N) is 1. The van der Waals surface area contributed by atoms with E-state index in [1.54, 1.807) is 63.2 Å². The normalized spacial score (nSPS) is 12.5. The lowest BCUT2D eigenvalue weighted by atomic mass is 9.92. The predicted molar refractivity (Wildman–Crippen MR) is 125 cm³/mol. The molecule has 0 aromatic heterocycles. The first-order chi connectivity index (χ1) is 15.2. The maximum Gasteiger partial charge on any atom is 0.270 e. The van der Waals surface area contributed by atoms with Crippen LogP contribution in [0.15, 0.2) is 66.7 Å². The molecule has 0 saturated heterocycles. The summed E-state index contributed by atoms with van der Waals surface area (Å²) in [5, 5.41) is 2.97. The molecule has 6 heteroatoms. The van der Waals surface area contributed by atoms with Crippen LogP contribution in [-0.4, -0.2) is 5.91 Å². The lowest BCUT2D eigenvalue weighted by Gasteiger charge is -2.22. The van der Waals surface area contributed by atoms with Gasteiger partial charge in [0.2, 0.25) is 5.91 Å². The zero-order valence-electron chi connectivity index (χ0n) is 19.3. The third-order valence-electron chi connectivity index (χ3n) is 5.39. The van der Waals surface area contributed by atoms with Crippen LogP contribution in [0.4, 0.5) is 23.2 Å². The first kappa shape index (κ1) is 24.5. The number of rotatable bonds is 5. The summed E-state index contributed by atoms with van der Waals surface area (Å²) in [7, 11) is 0. The molecule has 174 valence electrons. The molecule has 0 aliphatic rings. The van der Waals surface area contributed by atoms with Crippen molar-refractivity contribution >= 4 is 11.6 Å². The summed E-state index contributed by atoms with van der Waals surface area (Å²) in [6.07, 6.45) is 0. The van der Waals surface area contributed by atoms with Crippen molar-refractivity contribution in [3.05, 3.63) is 77.9 Å². The summed E-state index contributed by atoms with van der Waals surface area (Å²) < 4.78 is 54.7. The molecule has 0 aliphatic carbocycles. The Morgan fingerprint density at radius 2 is 1.00 bits per heavy atom. The van der Waals surface area contributed by atoms with E-state index >= 15 is 0 Å². The van der Waals surface area contributed by atoms with Crippen LogP contribution in [0, 0.1) is 5.41 Å². The number of para-hydroxylation sites is 1. The predicted octanol–water partition coefficient (Wildman–Crippen LogP) is 8.23. The summed E-state index contributed by atoms with van der Waals surface area (Å²) in [4.78, 5) is 12.9. The van der Waals surface area contributed by atoms with Crippen molar-refractivity contribution in [3.63, 3.8) is 0 Å². The van der Waals surface area contributed by atoms with Gasteiger partial charge in [-0.1, -0.05) is 87.5 Å². The van der Waals surface area contributed by atoms with Gasteiger partial charge in [0.25, 0.3) is 11.8 Å². The van der Waals surface area contributed by atoms with Crippen LogP contribution in [0.2, 0.25) is 0 Å². The van der Waals surface area contributed by atoms with Gasteiger partial charge in [-0.05, 0) is 11.1 Å². The number of anilines is 1. The minimum absolute atomic E-state index is 0.112. The fraction of sp³-hybridized carbons (Fsp3) is 0.296. The SMILES string of the molecule is CC(C)(C)C(=O)Nc1c(-c2ccc(C(C)(F)F)cc2)cccc1-c1ccc(C(C)(F)F)cc1. The Bertz CT molecular complexity index is 1060. The van der Waals surface area contributed by atoms with Crippen molar-refractivity contribution in [2.24, 2.45) is 5.41 Å². The third-order valence-corrected chi connectivity index (χ3v) is 5.39. The Kier molecular flexibility index (Phi) is 6.42. The summed E-state index contributed by atoms with van der Waals surface area (Å²) >= 11 is 0. The molecule has 0 atom stereocenters. The van der Waals surface area contributed by atoms with Crippen molar-refractivity contribution in [1.29, 1.82) is 0 Å². The Labute approximate surface area is 191 Å². The van der Waals surface area contributed by atoms with Gasteiger partial charge >= 0.3 is 0 Å². The number of halogens is 4. The zero-order valence-corrected chi connectivity index (χ0v) is 19.3. The van der Waals surface area contributed by atoms with Gasteiger partial charge in [-0.15, -0.1) is 0 Å². The molecule has 3 aromatic rings. The van der Waals surface area contributed by atoms with Gasteiger partial charge in [0, 0.05) is 41.5 Å². The number of carbonyl (C=O) groups is 1. The number of amides is 1. The topological polar surface area (TPSA) is 29.1 Å². The van der Waals surface area contributed by atoms with Crippen molar-refractivity contribution in [2.45, 2.75) is 46.5 Å². The molecule has 0 unspecified atom stereocenters. The molecule has 3 aromatic carbocycles. The molecular formula is C27H27F4NO. The maximum absolute atomic E-state index is 13.7. The molecule has 1 N–H and O–H groups in total. The van der Waals surface area contributed by atoms with Gasteiger partial charge in [-0.3, -0.25) is 4.79 Å². The van der Waals surface area contributed by atoms with Gasteiger partial charge in [0.15, 0.2) is 0 Å². The monoisotopic (exact) mass is 457 g/mol. The molecule has 0 fully saturated rings.